The summed E-state index contributed by atoms with van der Waals surface area (Å²) in [6.45, 7) is 2.15. The Bertz CT molecular complexity index is 435. The summed E-state index contributed by atoms with van der Waals surface area (Å²) in [5.41, 5.74) is 0. The molecule has 0 fully saturated rings. The van der Waals surface area contributed by atoms with Gasteiger partial charge in [-0.3, -0.25) is 9.35 Å². The molecule has 2 atom stereocenters. The van der Waals surface area contributed by atoms with Crippen LogP contribution >= 0.6 is 0 Å². The number of carboxylic acids is 1. The highest BCUT2D eigenvalue weighted by atomic mass is 32.2. The lowest BCUT2D eigenvalue weighted by Crippen LogP contribution is -2.33. The molecule has 0 aliphatic heterocycles. The van der Waals surface area contributed by atoms with Crippen LogP contribution in [0.1, 0.15) is 96.8 Å². The summed E-state index contributed by atoms with van der Waals surface area (Å²) in [7, 11) is -4.25. The van der Waals surface area contributed by atoms with Gasteiger partial charge in [0, 0.05) is 6.42 Å². The zero-order chi connectivity index (χ0) is 19.1. The van der Waals surface area contributed by atoms with Crippen molar-refractivity contribution in [2.45, 2.75) is 108 Å². The number of carbonyl (C=O) groups is 1. The van der Waals surface area contributed by atoms with E-state index in [2.05, 4.69) is 6.92 Å². The van der Waals surface area contributed by atoms with Crippen LogP contribution in [0.3, 0.4) is 0 Å². The van der Waals surface area contributed by atoms with E-state index in [1.807, 2.05) is 0 Å². The fourth-order valence-electron chi connectivity index (χ4n) is 3.01. The summed E-state index contributed by atoms with van der Waals surface area (Å²) < 4.78 is 32.4. The van der Waals surface area contributed by atoms with Crippen LogP contribution in [-0.4, -0.2) is 40.5 Å². The number of aliphatic hydroxyl groups is 1. The van der Waals surface area contributed by atoms with Crippen LogP contribution < -0.4 is 0 Å². The van der Waals surface area contributed by atoms with Gasteiger partial charge < -0.3 is 10.2 Å². The molecule has 0 saturated heterocycles. The molecule has 150 valence electrons. The Balaban J connectivity index is 4.01. The van der Waals surface area contributed by atoms with Crippen molar-refractivity contribution in [2.75, 3.05) is 0 Å². The molecule has 3 N–H and O–H groups in total. The summed E-state index contributed by atoms with van der Waals surface area (Å²) in [5, 5.41) is 17.6. The Morgan fingerprint density at radius 2 is 1.32 bits per heavy atom. The van der Waals surface area contributed by atoms with E-state index in [-0.39, 0.29) is 12.8 Å². The fraction of sp³-hybridized carbons (Fsp3) is 0.944. The third-order valence-corrected chi connectivity index (χ3v) is 5.86. The SMILES string of the molecule is CCCCCCCCC(O)C(CCCCCCCC(=O)O)S(=O)(=O)O. The molecule has 2 unspecified atom stereocenters. The van der Waals surface area contributed by atoms with Crippen molar-refractivity contribution in [3.8, 4) is 0 Å². The van der Waals surface area contributed by atoms with E-state index in [9.17, 15) is 22.9 Å². The first-order valence-corrected chi connectivity index (χ1v) is 11.2. The Kier molecular flexibility index (Phi) is 14.1. The predicted octanol–water partition coefficient (Wildman–Crippen LogP) is 4.17. The van der Waals surface area contributed by atoms with Crippen molar-refractivity contribution >= 4 is 16.1 Å². The standard InChI is InChI=1S/C18H36O6S/c1-2-3-4-5-7-10-13-16(19)17(25(22,23)24)14-11-8-6-9-12-15-18(20)21/h16-17,19H,2-15H2,1H3,(H,20,21)(H,22,23,24). The maximum absolute atomic E-state index is 11.5. The van der Waals surface area contributed by atoms with Crippen molar-refractivity contribution in [2.24, 2.45) is 0 Å². The summed E-state index contributed by atoms with van der Waals surface area (Å²) in [4.78, 5) is 10.4. The summed E-state index contributed by atoms with van der Waals surface area (Å²) >= 11 is 0. The van der Waals surface area contributed by atoms with Crippen molar-refractivity contribution in [1.82, 2.24) is 0 Å². The van der Waals surface area contributed by atoms with Crippen molar-refractivity contribution < 1.29 is 28.0 Å². The summed E-state index contributed by atoms with van der Waals surface area (Å²) in [6.07, 6.45) is 9.77. The molecule has 0 spiro atoms. The number of hydrogen-bond donors (Lipinski definition) is 3. The highest BCUT2D eigenvalue weighted by Crippen LogP contribution is 2.20. The topological polar surface area (TPSA) is 112 Å². The molecular formula is C18H36O6S. The molecule has 0 aliphatic rings. The molecule has 25 heavy (non-hydrogen) atoms. The molecule has 0 amide bonds. The minimum absolute atomic E-state index is 0.157. The van der Waals surface area contributed by atoms with Crippen molar-refractivity contribution in [3.05, 3.63) is 0 Å². The van der Waals surface area contributed by atoms with Crippen LogP contribution in [0.15, 0.2) is 0 Å². The third-order valence-electron chi connectivity index (χ3n) is 4.54. The lowest BCUT2D eigenvalue weighted by molar-refractivity contribution is -0.137. The van der Waals surface area contributed by atoms with Crippen LogP contribution in [0.4, 0.5) is 0 Å². The molecular weight excluding hydrogens is 344 g/mol. The summed E-state index contributed by atoms with van der Waals surface area (Å²) in [5.74, 6) is -0.802. The molecule has 0 aromatic heterocycles. The Morgan fingerprint density at radius 1 is 0.840 bits per heavy atom. The summed E-state index contributed by atoms with van der Waals surface area (Å²) in [6, 6.07) is 0. The average molecular weight is 381 g/mol. The average Bonchev–Trinajstić information content (AvgIpc) is 2.51. The Labute approximate surface area is 152 Å². The van der Waals surface area contributed by atoms with Gasteiger partial charge in [-0.25, -0.2) is 0 Å². The number of aliphatic carboxylic acids is 1. The second-order valence-corrected chi connectivity index (χ2v) is 8.51. The van der Waals surface area contributed by atoms with Gasteiger partial charge in [0.1, 0.15) is 5.25 Å². The van der Waals surface area contributed by atoms with Crippen molar-refractivity contribution in [1.29, 1.82) is 0 Å². The van der Waals surface area contributed by atoms with E-state index < -0.39 is 27.4 Å². The number of carboxylic acid groups (broad SMARTS) is 1. The molecule has 7 heteroatoms. The maximum Gasteiger partial charge on any atom is 0.303 e. The number of unbranched alkanes of at least 4 members (excludes halogenated alkanes) is 9. The van der Waals surface area contributed by atoms with Crippen LogP contribution in [0, 0.1) is 0 Å². The van der Waals surface area contributed by atoms with E-state index in [4.69, 9.17) is 5.11 Å². The highest BCUT2D eigenvalue weighted by molar-refractivity contribution is 7.86. The van der Waals surface area contributed by atoms with Gasteiger partial charge in [-0.15, -0.1) is 0 Å². The van der Waals surface area contributed by atoms with Gasteiger partial charge in [0.05, 0.1) is 6.10 Å². The smallest absolute Gasteiger partial charge is 0.303 e. The normalized spacial score (nSPS) is 14.4. The Morgan fingerprint density at radius 3 is 1.84 bits per heavy atom. The van der Waals surface area contributed by atoms with Crippen LogP contribution in [0.2, 0.25) is 0 Å². The number of rotatable bonds is 17. The molecule has 0 aromatic rings. The zero-order valence-corrected chi connectivity index (χ0v) is 16.3. The first-order chi connectivity index (χ1) is 11.8. The van der Waals surface area contributed by atoms with E-state index >= 15 is 0 Å². The van der Waals surface area contributed by atoms with Gasteiger partial charge in [-0.2, -0.15) is 8.42 Å². The molecule has 0 aromatic carbocycles. The van der Waals surface area contributed by atoms with Crippen LogP contribution in [0.5, 0.6) is 0 Å². The van der Waals surface area contributed by atoms with Crippen LogP contribution in [0.25, 0.3) is 0 Å². The van der Waals surface area contributed by atoms with Gasteiger partial charge in [-0.1, -0.05) is 71.1 Å². The minimum Gasteiger partial charge on any atom is -0.481 e. The molecule has 0 aliphatic carbocycles. The first-order valence-electron chi connectivity index (χ1n) is 9.65. The molecule has 0 radical (unpaired) electrons. The molecule has 6 nitrogen and oxygen atoms in total. The van der Waals surface area contributed by atoms with E-state index in [1.165, 1.54) is 12.8 Å². The Hall–Kier alpha value is -0.660. The third kappa shape index (κ3) is 14.2. The molecule has 0 saturated carbocycles. The van der Waals surface area contributed by atoms with Crippen LogP contribution in [-0.2, 0) is 14.9 Å². The largest absolute Gasteiger partial charge is 0.481 e. The van der Waals surface area contributed by atoms with Crippen molar-refractivity contribution in [3.63, 3.8) is 0 Å². The predicted molar refractivity (Wildman–Crippen MR) is 99.3 cm³/mol. The molecule has 0 heterocycles. The van der Waals surface area contributed by atoms with Gasteiger partial charge in [0.25, 0.3) is 10.1 Å². The number of aliphatic hydroxyl groups excluding tert-OH is 1. The zero-order valence-electron chi connectivity index (χ0n) is 15.5. The van der Waals surface area contributed by atoms with E-state index in [0.717, 1.165) is 44.9 Å². The first kappa shape index (κ1) is 24.3. The second-order valence-electron chi connectivity index (χ2n) is 6.88. The second kappa shape index (κ2) is 14.5. The minimum atomic E-state index is -4.25. The monoisotopic (exact) mass is 380 g/mol. The molecule has 0 rings (SSSR count). The number of hydrogen-bond acceptors (Lipinski definition) is 4. The lowest BCUT2D eigenvalue weighted by atomic mass is 10.0. The van der Waals surface area contributed by atoms with Gasteiger partial charge in [0.2, 0.25) is 0 Å². The lowest BCUT2D eigenvalue weighted by Gasteiger charge is -2.20. The fourth-order valence-corrected chi connectivity index (χ4v) is 4.01. The van der Waals surface area contributed by atoms with Gasteiger partial charge in [0.15, 0.2) is 0 Å². The quantitative estimate of drug-likeness (QED) is 0.258. The van der Waals surface area contributed by atoms with E-state index in [0.29, 0.717) is 19.3 Å². The van der Waals surface area contributed by atoms with Gasteiger partial charge in [-0.05, 0) is 19.3 Å². The maximum atomic E-state index is 11.5. The highest BCUT2D eigenvalue weighted by Gasteiger charge is 2.29. The van der Waals surface area contributed by atoms with Gasteiger partial charge >= 0.3 is 5.97 Å². The molecule has 0 bridgehead atoms. The van der Waals surface area contributed by atoms with E-state index in [1.54, 1.807) is 0 Å².